The van der Waals surface area contributed by atoms with Crippen LogP contribution in [0.4, 0.5) is 8.78 Å². The second-order valence-corrected chi connectivity index (χ2v) is 5.37. The highest BCUT2D eigenvalue weighted by molar-refractivity contribution is 9.09. The monoisotopic (exact) mass is 330 g/mol. The standard InChI is InChI=1S/C14H10BrClF2/c1-8-6-9(2-4-11(8)16)14(15)10-3-5-12(17)13(18)7-10/h2-7,14H,1H3. The van der Waals surface area contributed by atoms with Crippen molar-refractivity contribution in [2.75, 3.05) is 0 Å². The summed E-state index contributed by atoms with van der Waals surface area (Å²) in [5, 5.41) is 0.684. The Labute approximate surface area is 118 Å². The molecule has 0 saturated carbocycles. The lowest BCUT2D eigenvalue weighted by atomic mass is 10.0. The van der Waals surface area contributed by atoms with E-state index in [4.69, 9.17) is 11.6 Å². The Bertz CT molecular complexity index is 533. The summed E-state index contributed by atoms with van der Waals surface area (Å²) in [5.41, 5.74) is 2.56. The molecule has 94 valence electrons. The molecule has 0 bridgehead atoms. The number of halogens is 4. The minimum Gasteiger partial charge on any atom is -0.204 e. The highest BCUT2D eigenvalue weighted by Crippen LogP contribution is 2.33. The predicted molar refractivity (Wildman–Crippen MR) is 73.3 cm³/mol. The van der Waals surface area contributed by atoms with Crippen molar-refractivity contribution in [2.45, 2.75) is 11.8 Å². The maximum absolute atomic E-state index is 13.2. The third kappa shape index (κ3) is 2.73. The second-order valence-electron chi connectivity index (χ2n) is 4.04. The van der Waals surface area contributed by atoms with Gasteiger partial charge in [-0.3, -0.25) is 0 Å². The van der Waals surface area contributed by atoms with Crippen LogP contribution in [0.3, 0.4) is 0 Å². The number of benzene rings is 2. The summed E-state index contributed by atoms with van der Waals surface area (Å²) in [7, 11) is 0. The Balaban J connectivity index is 2.37. The minimum atomic E-state index is -0.845. The zero-order valence-electron chi connectivity index (χ0n) is 9.55. The number of aryl methyl sites for hydroxylation is 1. The fourth-order valence-electron chi connectivity index (χ4n) is 1.69. The zero-order chi connectivity index (χ0) is 13.3. The summed E-state index contributed by atoms with van der Waals surface area (Å²) >= 11 is 9.43. The lowest BCUT2D eigenvalue weighted by Crippen LogP contribution is -1.96. The molecule has 0 spiro atoms. The fourth-order valence-corrected chi connectivity index (χ4v) is 2.38. The Hall–Kier alpha value is -0.930. The van der Waals surface area contributed by atoms with Crippen molar-refractivity contribution < 1.29 is 8.78 Å². The van der Waals surface area contributed by atoms with E-state index in [9.17, 15) is 8.78 Å². The Morgan fingerprint density at radius 2 is 1.61 bits per heavy atom. The van der Waals surface area contributed by atoms with Crippen molar-refractivity contribution in [2.24, 2.45) is 0 Å². The van der Waals surface area contributed by atoms with Crippen molar-refractivity contribution in [3.8, 4) is 0 Å². The molecular weight excluding hydrogens is 322 g/mol. The lowest BCUT2D eigenvalue weighted by Gasteiger charge is -2.12. The van der Waals surface area contributed by atoms with Crippen LogP contribution in [0.1, 0.15) is 21.5 Å². The summed E-state index contributed by atoms with van der Waals surface area (Å²) < 4.78 is 26.1. The summed E-state index contributed by atoms with van der Waals surface area (Å²) in [6.07, 6.45) is 0. The molecular formula is C14H10BrClF2. The maximum atomic E-state index is 13.2. The average Bonchev–Trinajstić information content (AvgIpc) is 2.35. The summed E-state index contributed by atoms with van der Waals surface area (Å²) in [4.78, 5) is -0.191. The van der Waals surface area contributed by atoms with Crippen LogP contribution >= 0.6 is 27.5 Å². The first-order valence-corrected chi connectivity index (χ1v) is 6.63. The van der Waals surface area contributed by atoms with Gasteiger partial charge in [-0.05, 0) is 41.8 Å². The highest BCUT2D eigenvalue weighted by atomic mass is 79.9. The molecule has 0 saturated heterocycles. The maximum Gasteiger partial charge on any atom is 0.159 e. The first kappa shape index (κ1) is 13.5. The van der Waals surface area contributed by atoms with Crippen LogP contribution < -0.4 is 0 Å². The van der Waals surface area contributed by atoms with E-state index in [1.165, 1.54) is 6.07 Å². The SMILES string of the molecule is Cc1cc(C(Br)c2ccc(F)c(F)c2)ccc1Cl. The van der Waals surface area contributed by atoms with Gasteiger partial charge in [0.1, 0.15) is 0 Å². The molecule has 0 amide bonds. The van der Waals surface area contributed by atoms with Crippen molar-refractivity contribution >= 4 is 27.5 Å². The van der Waals surface area contributed by atoms with E-state index in [0.717, 1.165) is 17.2 Å². The van der Waals surface area contributed by atoms with Crippen LogP contribution in [-0.2, 0) is 0 Å². The number of hydrogen-bond acceptors (Lipinski definition) is 0. The van der Waals surface area contributed by atoms with E-state index < -0.39 is 11.6 Å². The van der Waals surface area contributed by atoms with Gasteiger partial charge < -0.3 is 0 Å². The third-order valence-electron chi connectivity index (χ3n) is 2.71. The quantitative estimate of drug-likeness (QED) is 0.645. The molecule has 18 heavy (non-hydrogen) atoms. The van der Waals surface area contributed by atoms with Crippen molar-refractivity contribution in [3.63, 3.8) is 0 Å². The van der Waals surface area contributed by atoms with Gasteiger partial charge >= 0.3 is 0 Å². The van der Waals surface area contributed by atoms with Crippen molar-refractivity contribution in [1.29, 1.82) is 0 Å². The number of hydrogen-bond donors (Lipinski definition) is 0. The van der Waals surface area contributed by atoms with Crippen molar-refractivity contribution in [3.05, 3.63) is 69.7 Å². The summed E-state index contributed by atoms with van der Waals surface area (Å²) in [6.45, 7) is 1.90. The Morgan fingerprint density at radius 1 is 1.00 bits per heavy atom. The molecule has 2 rings (SSSR count). The van der Waals surface area contributed by atoms with Crippen LogP contribution in [-0.4, -0.2) is 0 Å². The Kier molecular flexibility index (Phi) is 4.03. The van der Waals surface area contributed by atoms with E-state index >= 15 is 0 Å². The van der Waals surface area contributed by atoms with E-state index in [1.807, 2.05) is 19.1 Å². The van der Waals surface area contributed by atoms with Gasteiger partial charge in [-0.25, -0.2) is 8.78 Å². The molecule has 0 aromatic heterocycles. The van der Waals surface area contributed by atoms with Gasteiger partial charge in [0.05, 0.1) is 4.83 Å². The molecule has 0 N–H and O–H groups in total. The summed E-state index contributed by atoms with van der Waals surface area (Å²) in [5.74, 6) is -1.69. The fraction of sp³-hybridized carbons (Fsp3) is 0.143. The normalized spacial score (nSPS) is 12.5. The minimum absolute atomic E-state index is 0.191. The molecule has 0 radical (unpaired) electrons. The Morgan fingerprint density at radius 3 is 2.22 bits per heavy atom. The molecule has 2 aromatic rings. The van der Waals surface area contributed by atoms with Crippen LogP contribution in [0, 0.1) is 18.6 Å². The van der Waals surface area contributed by atoms with Gasteiger partial charge in [-0.15, -0.1) is 0 Å². The second kappa shape index (κ2) is 5.37. The van der Waals surface area contributed by atoms with Gasteiger partial charge in [-0.2, -0.15) is 0 Å². The molecule has 1 atom stereocenters. The van der Waals surface area contributed by atoms with Gasteiger partial charge in [0.15, 0.2) is 11.6 Å². The number of rotatable bonds is 2. The van der Waals surface area contributed by atoms with Crippen LogP contribution in [0.25, 0.3) is 0 Å². The van der Waals surface area contributed by atoms with E-state index in [1.54, 1.807) is 12.1 Å². The van der Waals surface area contributed by atoms with Crippen LogP contribution in [0.5, 0.6) is 0 Å². The highest BCUT2D eigenvalue weighted by Gasteiger charge is 2.13. The topological polar surface area (TPSA) is 0 Å². The zero-order valence-corrected chi connectivity index (χ0v) is 11.9. The largest absolute Gasteiger partial charge is 0.204 e. The molecule has 0 fully saturated rings. The van der Waals surface area contributed by atoms with Gasteiger partial charge in [0.25, 0.3) is 0 Å². The predicted octanol–water partition coefficient (Wildman–Crippen LogP) is 5.41. The molecule has 0 nitrogen and oxygen atoms in total. The van der Waals surface area contributed by atoms with E-state index in [2.05, 4.69) is 15.9 Å². The summed E-state index contributed by atoms with van der Waals surface area (Å²) in [6, 6.07) is 9.45. The first-order valence-electron chi connectivity index (χ1n) is 5.34. The molecule has 0 aliphatic carbocycles. The molecule has 0 aliphatic heterocycles. The average molecular weight is 332 g/mol. The smallest absolute Gasteiger partial charge is 0.159 e. The van der Waals surface area contributed by atoms with Crippen LogP contribution in [0.2, 0.25) is 5.02 Å². The van der Waals surface area contributed by atoms with E-state index in [0.29, 0.717) is 10.6 Å². The van der Waals surface area contributed by atoms with Crippen molar-refractivity contribution in [1.82, 2.24) is 0 Å². The van der Waals surface area contributed by atoms with E-state index in [-0.39, 0.29) is 4.83 Å². The molecule has 2 aromatic carbocycles. The van der Waals surface area contributed by atoms with Gasteiger partial charge in [-0.1, -0.05) is 45.7 Å². The van der Waals surface area contributed by atoms with Gasteiger partial charge in [0.2, 0.25) is 0 Å². The third-order valence-corrected chi connectivity index (χ3v) is 4.19. The van der Waals surface area contributed by atoms with Gasteiger partial charge in [0, 0.05) is 5.02 Å². The molecule has 1 unspecified atom stereocenters. The molecule has 4 heteroatoms. The van der Waals surface area contributed by atoms with Crippen LogP contribution in [0.15, 0.2) is 36.4 Å². The first-order chi connectivity index (χ1) is 8.49. The molecule has 0 heterocycles. The molecule has 0 aliphatic rings. The lowest BCUT2D eigenvalue weighted by molar-refractivity contribution is 0.507. The number of alkyl halides is 1.